The summed E-state index contributed by atoms with van der Waals surface area (Å²) < 4.78 is 12.1. The van der Waals surface area contributed by atoms with Gasteiger partial charge in [-0.25, -0.2) is 0 Å². The van der Waals surface area contributed by atoms with Gasteiger partial charge in [0.1, 0.15) is 0 Å². The molecular formula is C22H22N2O4. The Kier molecular flexibility index (Phi) is 4.00. The van der Waals surface area contributed by atoms with Crippen LogP contribution in [0.5, 0.6) is 11.5 Å². The van der Waals surface area contributed by atoms with Crippen molar-refractivity contribution in [2.45, 2.75) is 44.3 Å². The molecule has 2 heterocycles. The second kappa shape index (κ2) is 6.55. The van der Waals surface area contributed by atoms with Gasteiger partial charge >= 0.3 is 0 Å². The standard InChI is InChI=1S/C22H22N2O4/c25-20-7-4-12-24(20)17-6-3-5-15(13-17)21(26)23-16-8-9-18-19(14-16)28-22(27-18)10-1-2-11-22/h3,5-6,8-9,13-14H,1-2,4,7,10-12H2,(H,23,26). The number of benzene rings is 2. The lowest BCUT2D eigenvalue weighted by Crippen LogP contribution is -2.34. The molecule has 2 fully saturated rings. The predicted octanol–water partition coefficient (Wildman–Crippen LogP) is 4.11. The Balaban J connectivity index is 1.32. The monoisotopic (exact) mass is 378 g/mol. The molecule has 28 heavy (non-hydrogen) atoms. The van der Waals surface area contributed by atoms with Crippen LogP contribution in [0.1, 0.15) is 48.9 Å². The van der Waals surface area contributed by atoms with Gasteiger partial charge in [0.2, 0.25) is 5.91 Å². The molecule has 144 valence electrons. The SMILES string of the molecule is O=C(Nc1ccc2c(c1)OC1(CCCC1)O2)c1cccc(N2CCCC2=O)c1. The highest BCUT2D eigenvalue weighted by Gasteiger charge is 2.44. The quantitative estimate of drug-likeness (QED) is 0.873. The first kappa shape index (κ1) is 17.1. The van der Waals surface area contributed by atoms with Crippen LogP contribution >= 0.6 is 0 Å². The van der Waals surface area contributed by atoms with Crippen LogP contribution in [0.3, 0.4) is 0 Å². The summed E-state index contributed by atoms with van der Waals surface area (Å²) in [6, 6.07) is 12.7. The third-order valence-corrected chi connectivity index (χ3v) is 5.65. The maximum Gasteiger partial charge on any atom is 0.255 e. The normalized spacial score (nSPS) is 19.4. The third kappa shape index (κ3) is 2.99. The van der Waals surface area contributed by atoms with Crippen LogP contribution in [-0.4, -0.2) is 24.1 Å². The van der Waals surface area contributed by atoms with Crippen molar-refractivity contribution in [3.05, 3.63) is 48.0 Å². The Morgan fingerprint density at radius 1 is 1.00 bits per heavy atom. The molecule has 2 amide bonds. The fourth-order valence-electron chi connectivity index (χ4n) is 4.23. The van der Waals surface area contributed by atoms with Crippen LogP contribution in [0, 0.1) is 0 Å². The molecule has 5 rings (SSSR count). The van der Waals surface area contributed by atoms with E-state index in [0.29, 0.717) is 30.0 Å². The minimum absolute atomic E-state index is 0.106. The van der Waals surface area contributed by atoms with E-state index in [0.717, 1.165) is 43.5 Å². The molecule has 0 atom stereocenters. The first-order valence-corrected chi connectivity index (χ1v) is 9.86. The van der Waals surface area contributed by atoms with Crippen molar-refractivity contribution in [1.29, 1.82) is 0 Å². The number of rotatable bonds is 3. The van der Waals surface area contributed by atoms with Crippen molar-refractivity contribution < 1.29 is 19.1 Å². The fraction of sp³-hybridized carbons (Fsp3) is 0.364. The topological polar surface area (TPSA) is 67.9 Å². The molecule has 6 heteroatoms. The van der Waals surface area contributed by atoms with E-state index in [4.69, 9.17) is 9.47 Å². The molecule has 1 aliphatic carbocycles. The number of hydrogen-bond donors (Lipinski definition) is 1. The first-order chi connectivity index (χ1) is 13.6. The number of carbonyl (C=O) groups is 2. The Hall–Kier alpha value is -3.02. The molecule has 2 aromatic carbocycles. The van der Waals surface area contributed by atoms with Gasteiger partial charge in [0.05, 0.1) is 0 Å². The second-order valence-corrected chi connectivity index (χ2v) is 7.64. The van der Waals surface area contributed by atoms with Gasteiger partial charge in [-0.05, 0) is 49.6 Å². The van der Waals surface area contributed by atoms with Crippen molar-refractivity contribution in [2.24, 2.45) is 0 Å². The summed E-state index contributed by atoms with van der Waals surface area (Å²) in [5, 5.41) is 2.92. The van der Waals surface area contributed by atoms with E-state index in [9.17, 15) is 9.59 Å². The Morgan fingerprint density at radius 3 is 2.61 bits per heavy atom. The maximum absolute atomic E-state index is 12.7. The van der Waals surface area contributed by atoms with Crippen molar-refractivity contribution >= 4 is 23.2 Å². The lowest BCUT2D eigenvalue weighted by atomic mass is 10.1. The van der Waals surface area contributed by atoms with E-state index < -0.39 is 5.79 Å². The van der Waals surface area contributed by atoms with Gasteiger partial charge in [0, 0.05) is 48.8 Å². The number of fused-ring (bicyclic) bond motifs is 1. The van der Waals surface area contributed by atoms with E-state index in [2.05, 4.69) is 5.32 Å². The largest absolute Gasteiger partial charge is 0.448 e. The van der Waals surface area contributed by atoms with E-state index in [1.807, 2.05) is 24.3 Å². The van der Waals surface area contributed by atoms with Gasteiger partial charge in [-0.1, -0.05) is 6.07 Å². The fourth-order valence-corrected chi connectivity index (χ4v) is 4.23. The smallest absolute Gasteiger partial charge is 0.255 e. The zero-order valence-corrected chi connectivity index (χ0v) is 15.6. The number of nitrogens with zero attached hydrogens (tertiary/aromatic N) is 1. The van der Waals surface area contributed by atoms with E-state index in [1.165, 1.54) is 0 Å². The molecule has 0 bridgehead atoms. The van der Waals surface area contributed by atoms with Gasteiger partial charge in [0.25, 0.3) is 11.7 Å². The molecule has 2 aromatic rings. The molecule has 1 spiro atoms. The zero-order chi connectivity index (χ0) is 19.1. The van der Waals surface area contributed by atoms with Gasteiger partial charge in [-0.2, -0.15) is 0 Å². The Bertz CT molecular complexity index is 949. The summed E-state index contributed by atoms with van der Waals surface area (Å²) in [5.41, 5.74) is 1.94. The molecule has 1 saturated carbocycles. The van der Waals surface area contributed by atoms with Crippen molar-refractivity contribution in [3.8, 4) is 11.5 Å². The molecule has 6 nitrogen and oxygen atoms in total. The summed E-state index contributed by atoms with van der Waals surface area (Å²) in [6.45, 7) is 0.702. The summed E-state index contributed by atoms with van der Waals surface area (Å²) >= 11 is 0. The van der Waals surface area contributed by atoms with Crippen LogP contribution in [0.25, 0.3) is 0 Å². The van der Waals surface area contributed by atoms with Crippen LogP contribution in [-0.2, 0) is 4.79 Å². The zero-order valence-electron chi connectivity index (χ0n) is 15.6. The predicted molar refractivity (Wildman–Crippen MR) is 105 cm³/mol. The molecule has 3 aliphatic rings. The van der Waals surface area contributed by atoms with Gasteiger partial charge < -0.3 is 19.7 Å². The molecule has 1 N–H and O–H groups in total. The van der Waals surface area contributed by atoms with Gasteiger partial charge in [-0.15, -0.1) is 0 Å². The third-order valence-electron chi connectivity index (χ3n) is 5.65. The Labute approximate surface area is 163 Å². The lowest BCUT2D eigenvalue weighted by molar-refractivity contribution is -0.117. The number of carbonyl (C=O) groups excluding carboxylic acids is 2. The highest BCUT2D eigenvalue weighted by atomic mass is 16.7. The summed E-state index contributed by atoms with van der Waals surface area (Å²) in [4.78, 5) is 26.4. The summed E-state index contributed by atoms with van der Waals surface area (Å²) in [6.07, 6.45) is 5.42. The molecule has 1 saturated heterocycles. The Morgan fingerprint density at radius 2 is 1.82 bits per heavy atom. The number of anilines is 2. The van der Waals surface area contributed by atoms with Gasteiger partial charge in [0.15, 0.2) is 11.5 Å². The minimum atomic E-state index is -0.512. The highest BCUT2D eigenvalue weighted by Crippen LogP contribution is 2.47. The van der Waals surface area contributed by atoms with Crippen LogP contribution in [0.15, 0.2) is 42.5 Å². The van der Waals surface area contributed by atoms with Crippen molar-refractivity contribution in [2.75, 3.05) is 16.8 Å². The minimum Gasteiger partial charge on any atom is -0.448 e. The van der Waals surface area contributed by atoms with Crippen molar-refractivity contribution in [3.63, 3.8) is 0 Å². The first-order valence-electron chi connectivity index (χ1n) is 9.86. The van der Waals surface area contributed by atoms with Crippen LogP contribution in [0.4, 0.5) is 11.4 Å². The average Bonchev–Trinajstić information content (AvgIpc) is 3.42. The summed E-state index contributed by atoms with van der Waals surface area (Å²) in [7, 11) is 0. The van der Waals surface area contributed by atoms with Crippen LogP contribution < -0.4 is 19.7 Å². The molecule has 0 aromatic heterocycles. The molecular weight excluding hydrogens is 356 g/mol. The van der Waals surface area contributed by atoms with E-state index in [1.54, 1.807) is 23.1 Å². The number of hydrogen-bond acceptors (Lipinski definition) is 4. The average molecular weight is 378 g/mol. The number of ether oxygens (including phenoxy) is 2. The highest BCUT2D eigenvalue weighted by molar-refractivity contribution is 6.05. The number of amides is 2. The van der Waals surface area contributed by atoms with Crippen LogP contribution in [0.2, 0.25) is 0 Å². The lowest BCUT2D eigenvalue weighted by Gasteiger charge is -2.21. The summed E-state index contributed by atoms with van der Waals surface area (Å²) in [5.74, 6) is 0.782. The molecule has 0 unspecified atom stereocenters. The number of nitrogens with one attached hydrogen (secondary N) is 1. The molecule has 0 radical (unpaired) electrons. The molecule has 2 aliphatic heterocycles. The second-order valence-electron chi connectivity index (χ2n) is 7.64. The van der Waals surface area contributed by atoms with Gasteiger partial charge in [-0.3, -0.25) is 9.59 Å². The maximum atomic E-state index is 12.7. The van der Waals surface area contributed by atoms with E-state index in [-0.39, 0.29) is 11.8 Å². The van der Waals surface area contributed by atoms with Crippen molar-refractivity contribution in [1.82, 2.24) is 0 Å². The van der Waals surface area contributed by atoms with E-state index >= 15 is 0 Å².